The molecule has 0 aliphatic carbocycles. The lowest BCUT2D eigenvalue weighted by Crippen LogP contribution is -2.16. The van der Waals surface area contributed by atoms with Crippen LogP contribution in [0.3, 0.4) is 0 Å². The summed E-state index contributed by atoms with van der Waals surface area (Å²) >= 11 is 7.37. The van der Waals surface area contributed by atoms with Crippen molar-refractivity contribution in [2.24, 2.45) is 0 Å². The fraction of sp³-hybridized carbons (Fsp3) is 0.200. The molecule has 7 nitrogen and oxygen atoms in total. The first-order valence-electron chi connectivity index (χ1n) is 7.11. The lowest BCUT2D eigenvalue weighted by atomic mass is 10.4. The van der Waals surface area contributed by atoms with Crippen LogP contribution in [0.4, 0.5) is 0 Å². The Morgan fingerprint density at radius 1 is 1.33 bits per heavy atom. The Morgan fingerprint density at radius 3 is 2.79 bits per heavy atom. The van der Waals surface area contributed by atoms with E-state index in [-0.39, 0.29) is 23.8 Å². The summed E-state index contributed by atoms with van der Waals surface area (Å²) in [7, 11) is 0. The molecule has 0 unspecified atom stereocenters. The Hall–Kier alpha value is -2.32. The van der Waals surface area contributed by atoms with Crippen LogP contribution in [-0.4, -0.2) is 32.2 Å². The molecule has 0 saturated carbocycles. The molecule has 0 fully saturated rings. The van der Waals surface area contributed by atoms with Crippen molar-refractivity contribution in [1.29, 1.82) is 0 Å². The maximum Gasteiger partial charge on any atom is 0.375 e. The second-order valence-corrected chi connectivity index (χ2v) is 6.24. The molecule has 0 bridgehead atoms. The molecule has 3 rings (SSSR count). The number of carbonyl (C=O) groups is 1. The lowest BCUT2D eigenvalue weighted by molar-refractivity contribution is 0.0512. The van der Waals surface area contributed by atoms with E-state index in [9.17, 15) is 9.59 Å². The van der Waals surface area contributed by atoms with E-state index in [2.05, 4.69) is 15.1 Å². The zero-order valence-electron chi connectivity index (χ0n) is 12.7. The number of nitrogens with one attached hydrogen (secondary N) is 1. The molecule has 0 saturated heterocycles. The van der Waals surface area contributed by atoms with E-state index in [1.807, 2.05) is 12.1 Å². The Balaban J connectivity index is 1.83. The normalized spacial score (nSPS) is 10.9. The van der Waals surface area contributed by atoms with E-state index in [4.69, 9.17) is 16.3 Å². The summed E-state index contributed by atoms with van der Waals surface area (Å²) in [6, 6.07) is 8.80. The number of carbonyl (C=O) groups excluding carboxylic acids is 1. The molecule has 3 aromatic rings. The highest BCUT2D eigenvalue weighted by atomic mass is 35.5. The highest BCUT2D eigenvalue weighted by Crippen LogP contribution is 2.23. The van der Waals surface area contributed by atoms with Crippen molar-refractivity contribution < 1.29 is 9.53 Å². The van der Waals surface area contributed by atoms with Crippen molar-refractivity contribution >= 4 is 35.1 Å². The van der Waals surface area contributed by atoms with Gasteiger partial charge in [-0.15, -0.1) is 11.8 Å². The average Bonchev–Trinajstić information content (AvgIpc) is 2.99. The van der Waals surface area contributed by atoms with Crippen molar-refractivity contribution in [1.82, 2.24) is 19.6 Å². The zero-order valence-corrected chi connectivity index (χ0v) is 14.2. The monoisotopic (exact) mass is 364 g/mol. The van der Waals surface area contributed by atoms with E-state index in [0.29, 0.717) is 16.5 Å². The summed E-state index contributed by atoms with van der Waals surface area (Å²) in [5, 5.41) is 3.26. The van der Waals surface area contributed by atoms with Crippen LogP contribution in [-0.2, 0) is 10.5 Å². The third kappa shape index (κ3) is 3.60. The molecule has 2 aromatic heterocycles. The second kappa shape index (κ2) is 7.06. The van der Waals surface area contributed by atoms with Crippen LogP contribution in [0.1, 0.15) is 23.2 Å². The number of rotatable bonds is 5. The number of halogens is 1. The summed E-state index contributed by atoms with van der Waals surface area (Å²) in [5.74, 6) is -0.0460. The predicted molar refractivity (Wildman–Crippen MR) is 90.6 cm³/mol. The summed E-state index contributed by atoms with van der Waals surface area (Å²) in [4.78, 5) is 33.1. The van der Waals surface area contributed by atoms with E-state index in [1.54, 1.807) is 19.1 Å². The van der Waals surface area contributed by atoms with E-state index in [1.165, 1.54) is 17.8 Å². The van der Waals surface area contributed by atoms with Gasteiger partial charge in [0.2, 0.25) is 5.82 Å². The molecule has 0 aliphatic heterocycles. The van der Waals surface area contributed by atoms with Gasteiger partial charge in [-0.05, 0) is 31.2 Å². The minimum absolute atomic E-state index is 0.0519. The molecule has 1 aromatic carbocycles. The number of fused-ring (bicyclic) bond motifs is 1. The minimum Gasteiger partial charge on any atom is -0.460 e. The number of aromatic nitrogens is 4. The first kappa shape index (κ1) is 16.5. The Morgan fingerprint density at radius 2 is 2.08 bits per heavy atom. The van der Waals surface area contributed by atoms with Crippen LogP contribution in [0.5, 0.6) is 0 Å². The molecule has 124 valence electrons. The van der Waals surface area contributed by atoms with Crippen molar-refractivity contribution in [2.45, 2.75) is 17.6 Å². The van der Waals surface area contributed by atoms with Gasteiger partial charge in [-0.1, -0.05) is 11.6 Å². The molecule has 0 atom stereocenters. The minimum atomic E-state index is -0.625. The maximum atomic E-state index is 12.1. The largest absolute Gasteiger partial charge is 0.460 e. The molecular weight excluding hydrogens is 352 g/mol. The number of aromatic amines is 1. The van der Waals surface area contributed by atoms with Gasteiger partial charge in [-0.2, -0.15) is 9.50 Å². The number of H-pyrrole nitrogens is 1. The van der Waals surface area contributed by atoms with Gasteiger partial charge in [0.05, 0.1) is 12.3 Å². The summed E-state index contributed by atoms with van der Waals surface area (Å²) in [6.45, 7) is 1.91. The quantitative estimate of drug-likeness (QED) is 0.552. The topological polar surface area (TPSA) is 89.3 Å². The van der Waals surface area contributed by atoms with Crippen LogP contribution in [0.2, 0.25) is 5.02 Å². The standard InChI is InChI=1S/C15H13ClN4O3S/c1-2-23-14(22)13-18-15-17-10(7-12(21)20(15)19-13)8-24-11-5-3-9(16)4-6-11/h3-7H,2,8H2,1H3,(H,17,18,19). The molecular formula is C15H13ClN4O3S. The van der Waals surface area contributed by atoms with E-state index >= 15 is 0 Å². The average molecular weight is 365 g/mol. The van der Waals surface area contributed by atoms with Crippen LogP contribution < -0.4 is 5.56 Å². The molecule has 0 spiro atoms. The van der Waals surface area contributed by atoms with Gasteiger partial charge in [-0.25, -0.2) is 9.78 Å². The highest BCUT2D eigenvalue weighted by Gasteiger charge is 2.15. The lowest BCUT2D eigenvalue weighted by Gasteiger charge is -2.01. The number of hydrogen-bond donors (Lipinski definition) is 1. The third-order valence-corrected chi connectivity index (χ3v) is 4.35. The van der Waals surface area contributed by atoms with Crippen molar-refractivity contribution in [3.8, 4) is 0 Å². The number of benzene rings is 1. The number of esters is 1. The van der Waals surface area contributed by atoms with Gasteiger partial charge in [-0.3, -0.25) is 9.89 Å². The van der Waals surface area contributed by atoms with Gasteiger partial charge in [0, 0.05) is 21.7 Å². The van der Waals surface area contributed by atoms with Gasteiger partial charge < -0.3 is 4.74 Å². The number of thioether (sulfide) groups is 1. The van der Waals surface area contributed by atoms with Crippen LogP contribution >= 0.6 is 23.4 Å². The smallest absolute Gasteiger partial charge is 0.375 e. The Bertz CT molecular complexity index is 936. The maximum absolute atomic E-state index is 12.1. The molecule has 0 amide bonds. The Kier molecular flexibility index (Phi) is 4.86. The predicted octanol–water partition coefficient (Wildman–Crippen LogP) is 2.54. The first-order valence-corrected chi connectivity index (χ1v) is 8.47. The SMILES string of the molecule is CCOC(=O)c1nc2nc(CSc3ccc(Cl)cc3)cc(=O)n2[nH]1. The summed E-state index contributed by atoms with van der Waals surface area (Å²) in [5.41, 5.74) is 0.233. The molecule has 1 N–H and O–H groups in total. The van der Waals surface area contributed by atoms with E-state index < -0.39 is 5.97 Å². The second-order valence-electron chi connectivity index (χ2n) is 4.76. The number of ether oxygens (including phenoxy) is 1. The summed E-state index contributed by atoms with van der Waals surface area (Å²) in [6.07, 6.45) is 0. The van der Waals surface area contributed by atoms with Gasteiger partial charge in [0.1, 0.15) is 0 Å². The third-order valence-electron chi connectivity index (χ3n) is 3.05. The fourth-order valence-electron chi connectivity index (χ4n) is 1.98. The number of nitrogens with zero attached hydrogens (tertiary/aromatic N) is 3. The van der Waals surface area contributed by atoms with Crippen molar-refractivity contribution in [2.75, 3.05) is 6.61 Å². The van der Waals surface area contributed by atoms with Gasteiger partial charge in [0.15, 0.2) is 0 Å². The van der Waals surface area contributed by atoms with E-state index in [0.717, 1.165) is 9.41 Å². The molecule has 2 heterocycles. The van der Waals surface area contributed by atoms with Crippen molar-refractivity contribution in [3.63, 3.8) is 0 Å². The zero-order chi connectivity index (χ0) is 17.1. The van der Waals surface area contributed by atoms with Gasteiger partial charge >= 0.3 is 5.97 Å². The highest BCUT2D eigenvalue weighted by molar-refractivity contribution is 7.98. The molecule has 0 radical (unpaired) electrons. The number of hydrogen-bond acceptors (Lipinski definition) is 6. The van der Waals surface area contributed by atoms with Crippen LogP contribution in [0.25, 0.3) is 5.78 Å². The molecule has 0 aliphatic rings. The molecule has 24 heavy (non-hydrogen) atoms. The first-order chi connectivity index (χ1) is 11.6. The van der Waals surface area contributed by atoms with Gasteiger partial charge in [0.25, 0.3) is 11.3 Å². The van der Waals surface area contributed by atoms with Crippen LogP contribution in [0.15, 0.2) is 40.0 Å². The molecule has 9 heteroatoms. The van der Waals surface area contributed by atoms with Crippen molar-refractivity contribution in [3.05, 3.63) is 57.2 Å². The van der Waals surface area contributed by atoms with Crippen LogP contribution in [0, 0.1) is 0 Å². The fourth-order valence-corrected chi connectivity index (χ4v) is 2.90. The summed E-state index contributed by atoms with van der Waals surface area (Å²) < 4.78 is 5.97. The Labute approximate surface area is 146 Å².